The number of rotatable bonds is 1. The maximum Gasteiger partial charge on any atom is 0.241 e. The van der Waals surface area contributed by atoms with Gasteiger partial charge in [-0.1, -0.05) is 28.1 Å². The lowest BCUT2D eigenvalue weighted by molar-refractivity contribution is -0.125. The van der Waals surface area contributed by atoms with Crippen LogP contribution in [0.4, 0.5) is 8.78 Å². The van der Waals surface area contributed by atoms with Gasteiger partial charge in [-0.05, 0) is 6.07 Å². The highest BCUT2D eigenvalue weighted by Gasteiger charge is 2.42. The third kappa shape index (κ3) is 1.63. The van der Waals surface area contributed by atoms with Crippen LogP contribution in [0.2, 0.25) is 0 Å². The number of alkyl halides is 1. The Bertz CT molecular complexity index is 478. The van der Waals surface area contributed by atoms with Crippen LogP contribution >= 0.6 is 15.9 Å². The van der Waals surface area contributed by atoms with E-state index >= 15 is 0 Å². The molecule has 1 heterocycles. The number of carbonyl (C=O) groups excluding carboxylic acids is 2. The van der Waals surface area contributed by atoms with Crippen molar-refractivity contribution in [3.8, 4) is 0 Å². The summed E-state index contributed by atoms with van der Waals surface area (Å²) in [5, 5.41) is 2.05. The molecule has 1 aliphatic rings. The van der Waals surface area contributed by atoms with Gasteiger partial charge in [-0.15, -0.1) is 0 Å². The predicted molar refractivity (Wildman–Crippen MR) is 55.0 cm³/mol. The molecule has 0 bridgehead atoms. The van der Waals surface area contributed by atoms with Crippen molar-refractivity contribution in [2.24, 2.45) is 0 Å². The second-order valence-corrected chi connectivity index (χ2v) is 4.36. The number of hydrogen-bond acceptors (Lipinski definition) is 2. The molecule has 1 saturated heterocycles. The number of carbonyl (C=O) groups is 2. The number of imide groups is 1. The highest BCUT2D eigenvalue weighted by molar-refractivity contribution is 9.10. The van der Waals surface area contributed by atoms with Crippen molar-refractivity contribution in [1.82, 2.24) is 5.32 Å². The molecular formula is C10H6BrF2NO2. The van der Waals surface area contributed by atoms with Crippen molar-refractivity contribution in [1.29, 1.82) is 0 Å². The monoisotopic (exact) mass is 289 g/mol. The van der Waals surface area contributed by atoms with Gasteiger partial charge in [0, 0.05) is 5.56 Å². The van der Waals surface area contributed by atoms with Gasteiger partial charge in [-0.25, -0.2) is 8.78 Å². The summed E-state index contributed by atoms with van der Waals surface area (Å²) in [6.45, 7) is 0. The molecule has 2 unspecified atom stereocenters. The molecular weight excluding hydrogens is 284 g/mol. The van der Waals surface area contributed by atoms with E-state index in [2.05, 4.69) is 15.9 Å². The Morgan fingerprint density at radius 3 is 2.44 bits per heavy atom. The summed E-state index contributed by atoms with van der Waals surface area (Å²) in [6, 6.07) is 3.54. The first-order chi connectivity index (χ1) is 7.52. The standard InChI is InChI=1S/C10H6BrF2NO2/c11-7-6(9(15)14-10(7)16)4-2-1-3-5(12)8(4)13/h1-3,6-7H,(H,14,15,16). The molecule has 0 aliphatic carbocycles. The van der Waals surface area contributed by atoms with Crippen molar-refractivity contribution in [2.45, 2.75) is 10.7 Å². The molecule has 0 saturated carbocycles. The van der Waals surface area contributed by atoms with Gasteiger partial charge in [0.15, 0.2) is 11.6 Å². The third-order valence-electron chi connectivity index (χ3n) is 2.39. The fourth-order valence-electron chi connectivity index (χ4n) is 1.61. The largest absolute Gasteiger partial charge is 0.295 e. The first-order valence-electron chi connectivity index (χ1n) is 4.45. The average molecular weight is 290 g/mol. The van der Waals surface area contributed by atoms with E-state index in [1.807, 2.05) is 5.32 Å². The topological polar surface area (TPSA) is 46.2 Å². The Morgan fingerprint density at radius 1 is 1.19 bits per heavy atom. The zero-order valence-electron chi connectivity index (χ0n) is 7.84. The van der Waals surface area contributed by atoms with Crippen molar-refractivity contribution in [2.75, 3.05) is 0 Å². The van der Waals surface area contributed by atoms with Crippen LogP contribution in [0.25, 0.3) is 0 Å². The van der Waals surface area contributed by atoms with Crippen LogP contribution < -0.4 is 5.32 Å². The van der Waals surface area contributed by atoms with Gasteiger partial charge in [-0.3, -0.25) is 14.9 Å². The summed E-state index contributed by atoms with van der Waals surface area (Å²) in [7, 11) is 0. The summed E-state index contributed by atoms with van der Waals surface area (Å²) in [4.78, 5) is 21.7. The average Bonchev–Trinajstić information content (AvgIpc) is 2.47. The quantitative estimate of drug-likeness (QED) is 0.629. The normalized spacial score (nSPS) is 24.7. The van der Waals surface area contributed by atoms with E-state index in [1.54, 1.807) is 0 Å². The van der Waals surface area contributed by atoms with Crippen molar-refractivity contribution < 1.29 is 18.4 Å². The lowest BCUT2D eigenvalue weighted by atomic mass is 9.97. The second-order valence-electron chi connectivity index (χ2n) is 3.38. The van der Waals surface area contributed by atoms with Gasteiger partial charge >= 0.3 is 0 Å². The first-order valence-corrected chi connectivity index (χ1v) is 5.36. The SMILES string of the molecule is O=C1NC(=O)C(c2cccc(F)c2F)C1Br. The first kappa shape index (κ1) is 11.2. The summed E-state index contributed by atoms with van der Waals surface area (Å²) in [6.07, 6.45) is 0. The van der Waals surface area contributed by atoms with Crippen LogP contribution in [0.15, 0.2) is 18.2 Å². The lowest BCUT2D eigenvalue weighted by Gasteiger charge is -2.11. The summed E-state index contributed by atoms with van der Waals surface area (Å²) < 4.78 is 26.4. The number of amides is 2. The summed E-state index contributed by atoms with van der Waals surface area (Å²) in [5.41, 5.74) is -0.120. The smallest absolute Gasteiger partial charge is 0.241 e. The summed E-state index contributed by atoms with van der Waals surface area (Å²) >= 11 is 2.98. The van der Waals surface area contributed by atoms with E-state index in [4.69, 9.17) is 0 Å². The van der Waals surface area contributed by atoms with Crippen LogP contribution in [-0.4, -0.2) is 16.6 Å². The Morgan fingerprint density at radius 2 is 1.88 bits per heavy atom. The highest BCUT2D eigenvalue weighted by Crippen LogP contribution is 2.32. The van der Waals surface area contributed by atoms with Crippen LogP contribution in [0.1, 0.15) is 11.5 Å². The lowest BCUT2D eigenvalue weighted by Crippen LogP contribution is -2.22. The van der Waals surface area contributed by atoms with E-state index in [0.29, 0.717) is 0 Å². The van der Waals surface area contributed by atoms with Gasteiger partial charge in [0.25, 0.3) is 0 Å². The van der Waals surface area contributed by atoms with Gasteiger partial charge in [0.1, 0.15) is 4.83 Å². The molecule has 0 radical (unpaired) electrons. The van der Waals surface area contributed by atoms with Crippen LogP contribution in [0.3, 0.4) is 0 Å². The second kappa shape index (κ2) is 3.93. The Labute approximate surface area is 98.0 Å². The number of hydrogen-bond donors (Lipinski definition) is 1. The molecule has 0 spiro atoms. The van der Waals surface area contributed by atoms with Gasteiger partial charge < -0.3 is 0 Å². The van der Waals surface area contributed by atoms with Gasteiger partial charge in [-0.2, -0.15) is 0 Å². The third-order valence-corrected chi connectivity index (χ3v) is 3.33. The van der Waals surface area contributed by atoms with E-state index in [1.165, 1.54) is 12.1 Å². The maximum absolute atomic E-state index is 13.4. The van der Waals surface area contributed by atoms with E-state index in [-0.39, 0.29) is 5.56 Å². The molecule has 1 fully saturated rings. The molecule has 1 N–H and O–H groups in total. The van der Waals surface area contributed by atoms with Crippen LogP contribution in [0, 0.1) is 11.6 Å². The molecule has 1 aromatic carbocycles. The number of benzene rings is 1. The minimum absolute atomic E-state index is 0.120. The Kier molecular flexibility index (Phi) is 2.75. The number of halogens is 3. The molecule has 84 valence electrons. The van der Waals surface area contributed by atoms with Crippen molar-refractivity contribution in [3.05, 3.63) is 35.4 Å². The predicted octanol–water partition coefficient (Wildman–Crippen LogP) is 1.47. The minimum Gasteiger partial charge on any atom is -0.295 e. The van der Waals surface area contributed by atoms with Crippen LogP contribution in [-0.2, 0) is 9.59 Å². The maximum atomic E-state index is 13.4. The van der Waals surface area contributed by atoms with Gasteiger partial charge in [0.05, 0.1) is 5.92 Å². The van der Waals surface area contributed by atoms with E-state index in [9.17, 15) is 18.4 Å². The molecule has 2 amide bonds. The zero-order chi connectivity index (χ0) is 11.9. The van der Waals surface area contributed by atoms with Crippen LogP contribution in [0.5, 0.6) is 0 Å². The van der Waals surface area contributed by atoms with Crippen molar-refractivity contribution >= 4 is 27.7 Å². The van der Waals surface area contributed by atoms with Crippen molar-refractivity contribution in [3.63, 3.8) is 0 Å². The minimum atomic E-state index is -1.10. The molecule has 1 aromatic rings. The Hall–Kier alpha value is -1.30. The molecule has 3 nitrogen and oxygen atoms in total. The molecule has 0 aromatic heterocycles. The fourth-order valence-corrected chi connectivity index (χ4v) is 2.25. The number of nitrogens with one attached hydrogen (secondary N) is 1. The zero-order valence-corrected chi connectivity index (χ0v) is 9.42. The summed E-state index contributed by atoms with van der Waals surface area (Å²) in [5.74, 6) is -4.33. The van der Waals surface area contributed by atoms with Gasteiger partial charge in [0.2, 0.25) is 11.8 Å². The molecule has 2 atom stereocenters. The highest BCUT2D eigenvalue weighted by atomic mass is 79.9. The van der Waals surface area contributed by atoms with E-state index in [0.717, 1.165) is 6.07 Å². The Balaban J connectivity index is 2.48. The van der Waals surface area contributed by atoms with E-state index < -0.39 is 34.2 Å². The fraction of sp³-hybridized carbons (Fsp3) is 0.200. The molecule has 16 heavy (non-hydrogen) atoms. The molecule has 1 aliphatic heterocycles. The molecule has 6 heteroatoms. The molecule has 2 rings (SSSR count).